The first-order valence-corrected chi connectivity index (χ1v) is 5.76. The van der Waals surface area contributed by atoms with Crippen molar-refractivity contribution in [2.24, 2.45) is 0 Å². The summed E-state index contributed by atoms with van der Waals surface area (Å²) in [6.45, 7) is 3.34. The van der Waals surface area contributed by atoms with Crippen LogP contribution in [-0.4, -0.2) is 47.6 Å². The monoisotopic (exact) mass is 231 g/mol. The Hall–Kier alpha value is -0.650. The van der Waals surface area contributed by atoms with Gasteiger partial charge in [0.05, 0.1) is 6.61 Å². The average Bonchev–Trinajstić information content (AvgIpc) is 2.28. The third-order valence-corrected chi connectivity index (χ3v) is 3.10. The van der Waals surface area contributed by atoms with Crippen molar-refractivity contribution in [2.45, 2.75) is 44.2 Å². The van der Waals surface area contributed by atoms with Crippen molar-refractivity contribution < 1.29 is 19.7 Å². The highest BCUT2D eigenvalue weighted by Crippen LogP contribution is 2.21. The predicted octanol–water partition coefficient (Wildman–Crippen LogP) is 0.371. The largest absolute Gasteiger partial charge is 0.481 e. The van der Waals surface area contributed by atoms with Crippen LogP contribution in [0, 0.1) is 0 Å². The Balaban J connectivity index is 2.39. The second kappa shape index (κ2) is 6.18. The summed E-state index contributed by atoms with van der Waals surface area (Å²) >= 11 is 0. The Morgan fingerprint density at radius 1 is 1.50 bits per heavy atom. The molecule has 0 aromatic carbocycles. The first kappa shape index (κ1) is 13.4. The van der Waals surface area contributed by atoms with Crippen molar-refractivity contribution in [3.63, 3.8) is 0 Å². The zero-order valence-electron chi connectivity index (χ0n) is 9.74. The van der Waals surface area contributed by atoms with Crippen LogP contribution < -0.4 is 5.32 Å². The van der Waals surface area contributed by atoms with E-state index in [4.69, 9.17) is 9.84 Å². The molecule has 1 fully saturated rings. The number of aliphatic carboxylic acids is 1. The predicted molar refractivity (Wildman–Crippen MR) is 59.3 cm³/mol. The number of ether oxygens (including phenoxy) is 1. The molecule has 3 N–H and O–H groups in total. The van der Waals surface area contributed by atoms with Gasteiger partial charge in [-0.25, -0.2) is 0 Å². The molecule has 0 aromatic heterocycles. The molecule has 0 amide bonds. The van der Waals surface area contributed by atoms with Gasteiger partial charge in [0, 0.05) is 31.2 Å². The zero-order chi connectivity index (χ0) is 12.0. The number of aliphatic hydroxyl groups is 1. The van der Waals surface area contributed by atoms with Crippen LogP contribution in [0.3, 0.4) is 0 Å². The molecule has 0 saturated carbocycles. The number of rotatable bonds is 6. The standard InChI is InChI=1S/C11H21NO4/c1-9(2-3-10(14)15)12-11(8-13)4-6-16-7-5-11/h9,12-13H,2-8H2,1H3,(H,14,15). The Morgan fingerprint density at radius 3 is 2.62 bits per heavy atom. The van der Waals surface area contributed by atoms with Crippen molar-refractivity contribution in [2.75, 3.05) is 19.8 Å². The van der Waals surface area contributed by atoms with Gasteiger partial charge in [-0.3, -0.25) is 4.79 Å². The molecule has 1 heterocycles. The summed E-state index contributed by atoms with van der Waals surface area (Å²) < 4.78 is 5.26. The van der Waals surface area contributed by atoms with Gasteiger partial charge in [0.15, 0.2) is 0 Å². The maximum Gasteiger partial charge on any atom is 0.303 e. The van der Waals surface area contributed by atoms with E-state index in [0.29, 0.717) is 19.6 Å². The first-order valence-electron chi connectivity index (χ1n) is 5.76. The minimum atomic E-state index is -0.779. The molecule has 1 atom stereocenters. The summed E-state index contributed by atoms with van der Waals surface area (Å²) in [7, 11) is 0. The number of hydrogen-bond donors (Lipinski definition) is 3. The molecule has 1 aliphatic heterocycles. The van der Waals surface area contributed by atoms with E-state index in [2.05, 4.69) is 5.32 Å². The van der Waals surface area contributed by atoms with Gasteiger partial charge in [-0.2, -0.15) is 0 Å². The van der Waals surface area contributed by atoms with Crippen LogP contribution in [0.15, 0.2) is 0 Å². The van der Waals surface area contributed by atoms with E-state index in [1.807, 2.05) is 6.92 Å². The van der Waals surface area contributed by atoms with Crippen LogP contribution in [0.2, 0.25) is 0 Å². The lowest BCUT2D eigenvalue weighted by Crippen LogP contribution is -2.55. The molecular formula is C11H21NO4. The van der Waals surface area contributed by atoms with Crippen LogP contribution in [-0.2, 0) is 9.53 Å². The molecule has 16 heavy (non-hydrogen) atoms. The molecule has 1 aliphatic rings. The third-order valence-electron chi connectivity index (χ3n) is 3.10. The van der Waals surface area contributed by atoms with Crippen molar-refractivity contribution in [3.05, 3.63) is 0 Å². The van der Waals surface area contributed by atoms with Gasteiger partial charge in [-0.1, -0.05) is 0 Å². The first-order chi connectivity index (χ1) is 7.58. The van der Waals surface area contributed by atoms with Gasteiger partial charge in [0.2, 0.25) is 0 Å². The molecule has 0 radical (unpaired) electrons. The van der Waals surface area contributed by atoms with Gasteiger partial charge in [-0.05, 0) is 26.2 Å². The Morgan fingerprint density at radius 2 is 2.12 bits per heavy atom. The summed E-state index contributed by atoms with van der Waals surface area (Å²) in [6.07, 6.45) is 2.30. The topological polar surface area (TPSA) is 78.8 Å². The number of aliphatic hydroxyl groups excluding tert-OH is 1. The molecule has 0 spiro atoms. The van der Waals surface area contributed by atoms with E-state index in [1.54, 1.807) is 0 Å². The SMILES string of the molecule is CC(CCC(=O)O)NC1(CO)CCOCC1. The second-order valence-corrected chi connectivity index (χ2v) is 4.53. The number of carbonyl (C=O) groups is 1. The quantitative estimate of drug-likeness (QED) is 0.615. The third kappa shape index (κ3) is 4.08. The van der Waals surface area contributed by atoms with Crippen molar-refractivity contribution in [1.29, 1.82) is 0 Å². The Labute approximate surface area is 95.8 Å². The highest BCUT2D eigenvalue weighted by atomic mass is 16.5. The Bertz CT molecular complexity index is 226. The zero-order valence-corrected chi connectivity index (χ0v) is 9.74. The lowest BCUT2D eigenvalue weighted by molar-refractivity contribution is -0.137. The molecule has 0 bridgehead atoms. The lowest BCUT2D eigenvalue weighted by Gasteiger charge is -2.38. The van der Waals surface area contributed by atoms with Gasteiger partial charge < -0.3 is 20.3 Å². The van der Waals surface area contributed by atoms with Gasteiger partial charge in [0.25, 0.3) is 0 Å². The molecule has 1 saturated heterocycles. The summed E-state index contributed by atoms with van der Waals surface area (Å²) in [6, 6.07) is 0.0985. The Kier molecular flexibility index (Phi) is 5.18. The molecule has 1 unspecified atom stereocenters. The van der Waals surface area contributed by atoms with E-state index < -0.39 is 5.97 Å². The highest BCUT2D eigenvalue weighted by molar-refractivity contribution is 5.66. The van der Waals surface area contributed by atoms with Crippen LogP contribution in [0.5, 0.6) is 0 Å². The van der Waals surface area contributed by atoms with E-state index >= 15 is 0 Å². The molecular weight excluding hydrogens is 210 g/mol. The summed E-state index contributed by atoms with van der Waals surface area (Å²) in [5.41, 5.74) is -0.282. The molecule has 5 heteroatoms. The maximum atomic E-state index is 10.4. The van der Waals surface area contributed by atoms with Crippen LogP contribution in [0.1, 0.15) is 32.6 Å². The molecule has 5 nitrogen and oxygen atoms in total. The van der Waals surface area contributed by atoms with E-state index in [1.165, 1.54) is 0 Å². The molecule has 1 rings (SSSR count). The van der Waals surface area contributed by atoms with Crippen LogP contribution in [0.25, 0.3) is 0 Å². The lowest BCUT2D eigenvalue weighted by atomic mass is 9.89. The number of carboxylic acid groups (broad SMARTS) is 1. The van der Waals surface area contributed by atoms with Crippen molar-refractivity contribution >= 4 is 5.97 Å². The van der Waals surface area contributed by atoms with Gasteiger partial charge in [-0.15, -0.1) is 0 Å². The highest BCUT2D eigenvalue weighted by Gasteiger charge is 2.32. The van der Waals surface area contributed by atoms with Crippen LogP contribution >= 0.6 is 0 Å². The minimum Gasteiger partial charge on any atom is -0.481 e. The number of hydrogen-bond acceptors (Lipinski definition) is 4. The van der Waals surface area contributed by atoms with E-state index in [-0.39, 0.29) is 24.6 Å². The summed E-state index contributed by atoms with van der Waals surface area (Å²) in [4.78, 5) is 10.4. The number of carboxylic acids is 1. The normalized spacial score (nSPS) is 21.6. The second-order valence-electron chi connectivity index (χ2n) is 4.53. The van der Waals surface area contributed by atoms with Crippen molar-refractivity contribution in [1.82, 2.24) is 5.32 Å². The van der Waals surface area contributed by atoms with E-state index in [9.17, 15) is 9.90 Å². The minimum absolute atomic E-state index is 0.0772. The fourth-order valence-electron chi connectivity index (χ4n) is 2.05. The molecule has 0 aromatic rings. The molecule has 94 valence electrons. The summed E-state index contributed by atoms with van der Waals surface area (Å²) in [5, 5.41) is 21.4. The van der Waals surface area contributed by atoms with Crippen molar-refractivity contribution in [3.8, 4) is 0 Å². The van der Waals surface area contributed by atoms with E-state index in [0.717, 1.165) is 12.8 Å². The van der Waals surface area contributed by atoms with Gasteiger partial charge in [0.1, 0.15) is 0 Å². The number of nitrogens with one attached hydrogen (secondary N) is 1. The average molecular weight is 231 g/mol. The van der Waals surface area contributed by atoms with Gasteiger partial charge >= 0.3 is 5.97 Å². The van der Waals surface area contributed by atoms with Crippen LogP contribution in [0.4, 0.5) is 0 Å². The fraction of sp³-hybridized carbons (Fsp3) is 0.909. The molecule has 0 aliphatic carbocycles. The smallest absolute Gasteiger partial charge is 0.303 e. The maximum absolute atomic E-state index is 10.4. The fourth-order valence-corrected chi connectivity index (χ4v) is 2.05. The summed E-state index contributed by atoms with van der Waals surface area (Å²) in [5.74, 6) is -0.779.